The molecule has 0 bridgehead atoms. The molecular formula is C6H15F3N2P2. The van der Waals surface area contributed by atoms with E-state index in [9.17, 15) is 12.6 Å². The molecule has 7 heteroatoms. The smallest absolute Gasteiger partial charge is 0.242 e. The van der Waals surface area contributed by atoms with Crippen LogP contribution in [0, 0.1) is 0 Å². The molecule has 0 aromatic rings. The Balaban J connectivity index is 4.87. The average molecular weight is 234 g/mol. The zero-order chi connectivity index (χ0) is 10.7. The summed E-state index contributed by atoms with van der Waals surface area (Å²) < 4.78 is 42.8. The minimum Gasteiger partial charge on any atom is -0.242 e. The van der Waals surface area contributed by atoms with Gasteiger partial charge in [-0.3, -0.25) is 0 Å². The molecule has 0 aliphatic rings. The lowest BCUT2D eigenvalue weighted by molar-refractivity contribution is 0.479. The molecule has 0 saturated carbocycles. The maximum absolute atomic E-state index is 13.6. The molecule has 0 aromatic carbocycles. The lowest BCUT2D eigenvalue weighted by Crippen LogP contribution is -2.16. The molecule has 0 rings (SSSR count). The summed E-state index contributed by atoms with van der Waals surface area (Å²) >= 11 is 0. The highest BCUT2D eigenvalue weighted by atomic mass is 31.3. The molecule has 0 radical (unpaired) electrons. The van der Waals surface area contributed by atoms with E-state index >= 15 is 0 Å². The second-order valence-corrected chi connectivity index (χ2v) is 6.70. The Bertz CT molecular complexity index is 248. The monoisotopic (exact) mass is 234 g/mol. The van der Waals surface area contributed by atoms with Gasteiger partial charge in [0.1, 0.15) is 0 Å². The van der Waals surface area contributed by atoms with Gasteiger partial charge in [-0.1, -0.05) is 13.8 Å². The molecule has 0 spiro atoms. The summed E-state index contributed by atoms with van der Waals surface area (Å²) in [4.78, 5) is 0. The van der Waals surface area contributed by atoms with Crippen molar-refractivity contribution in [2.45, 2.75) is 13.8 Å². The Hall–Kier alpha value is 0.280. The van der Waals surface area contributed by atoms with Crippen LogP contribution in [0.25, 0.3) is 0 Å². The third-order valence-electron chi connectivity index (χ3n) is 1.46. The summed E-state index contributed by atoms with van der Waals surface area (Å²) in [5.74, 6) is 0. The predicted octanol–water partition coefficient (Wildman–Crippen LogP) is 4.09. The second-order valence-electron chi connectivity index (χ2n) is 2.62. The van der Waals surface area contributed by atoms with Crippen LogP contribution in [0.4, 0.5) is 12.6 Å². The van der Waals surface area contributed by atoms with Gasteiger partial charge in [-0.05, 0) is 6.30 Å². The van der Waals surface area contributed by atoms with Crippen molar-refractivity contribution >= 4 is 21.5 Å². The van der Waals surface area contributed by atoms with Crippen LogP contribution < -0.4 is 0 Å². The van der Waals surface area contributed by atoms with Crippen LogP contribution >= 0.6 is 15.2 Å². The Morgan fingerprint density at radius 1 is 1.23 bits per heavy atom. The fourth-order valence-corrected chi connectivity index (χ4v) is 4.20. The normalized spacial score (nSPS) is 17.2. The molecule has 0 aliphatic heterocycles. The minimum absolute atomic E-state index is 0.355. The second kappa shape index (κ2) is 4.68. The highest BCUT2D eigenvalue weighted by Gasteiger charge is 2.23. The molecule has 0 amide bonds. The topological polar surface area (TPSA) is 15.6 Å². The molecule has 0 aliphatic carbocycles. The van der Waals surface area contributed by atoms with Crippen molar-refractivity contribution in [1.29, 1.82) is 0 Å². The molecular weight excluding hydrogens is 219 g/mol. The van der Waals surface area contributed by atoms with Crippen molar-refractivity contribution in [2.24, 2.45) is 4.52 Å². The van der Waals surface area contributed by atoms with E-state index in [1.807, 2.05) is 0 Å². The van der Waals surface area contributed by atoms with Crippen molar-refractivity contribution in [3.8, 4) is 0 Å². The van der Waals surface area contributed by atoms with Crippen molar-refractivity contribution in [3.05, 3.63) is 0 Å². The van der Waals surface area contributed by atoms with Gasteiger partial charge >= 0.3 is 0 Å². The summed E-state index contributed by atoms with van der Waals surface area (Å²) in [6, 6.07) is 0. The van der Waals surface area contributed by atoms with Gasteiger partial charge in [-0.2, -0.15) is 17.1 Å². The highest BCUT2D eigenvalue weighted by Crippen LogP contribution is 2.64. The maximum atomic E-state index is 13.6. The number of halogens is 3. The first kappa shape index (κ1) is 13.3. The fourth-order valence-electron chi connectivity index (χ4n) is 0.954. The lowest BCUT2D eigenvalue weighted by Gasteiger charge is -2.24. The third-order valence-corrected chi connectivity index (χ3v) is 5.24. The molecule has 0 fully saturated rings. The number of hydrogen-bond donors (Lipinski definition) is 0. The van der Waals surface area contributed by atoms with E-state index in [0.717, 1.165) is 0 Å². The first-order valence-electron chi connectivity index (χ1n) is 3.92. The average Bonchev–Trinajstić information content (AvgIpc) is 1.83. The maximum Gasteiger partial charge on any atom is 0.297 e. The standard InChI is InChI=1S/C6H15F3N2P2/c1-5-11(6-2)13(4,9)10-12(3,7)8/h4-6H2,1-3H3. The Morgan fingerprint density at radius 3 is 1.85 bits per heavy atom. The molecule has 13 heavy (non-hydrogen) atoms. The Labute approximate surface area is 77.6 Å². The van der Waals surface area contributed by atoms with Crippen molar-refractivity contribution in [3.63, 3.8) is 0 Å². The van der Waals surface area contributed by atoms with Crippen LogP contribution in [0.2, 0.25) is 0 Å². The van der Waals surface area contributed by atoms with E-state index in [4.69, 9.17) is 0 Å². The SMILES string of the molecule is C=P(F)(N=P(C)(F)F)N(CC)CC. The molecule has 0 aromatic heterocycles. The summed E-state index contributed by atoms with van der Waals surface area (Å²) in [5.41, 5.74) is 0. The largest absolute Gasteiger partial charge is 0.297 e. The lowest BCUT2D eigenvalue weighted by atomic mass is 10.7. The first-order chi connectivity index (χ1) is 5.73. The van der Waals surface area contributed by atoms with Gasteiger partial charge in [0.15, 0.2) is 0 Å². The molecule has 0 N–H and O–H groups in total. The number of hydrogen-bond acceptors (Lipinski definition) is 2. The quantitative estimate of drug-likeness (QED) is 0.669. The van der Waals surface area contributed by atoms with Crippen LogP contribution in [0.1, 0.15) is 13.8 Å². The summed E-state index contributed by atoms with van der Waals surface area (Å²) in [6.07, 6.45) is 3.15. The Morgan fingerprint density at radius 2 is 1.62 bits per heavy atom. The van der Waals surface area contributed by atoms with Gasteiger partial charge in [0.25, 0.3) is 7.68 Å². The molecule has 1 unspecified atom stereocenters. The van der Waals surface area contributed by atoms with Gasteiger partial charge in [0.05, 0.1) is 0 Å². The molecule has 2 nitrogen and oxygen atoms in total. The summed E-state index contributed by atoms with van der Waals surface area (Å²) in [6.45, 7) is 4.78. The molecule has 0 heterocycles. The van der Waals surface area contributed by atoms with Crippen LogP contribution in [0.15, 0.2) is 4.52 Å². The molecule has 1 atom stereocenters. The van der Waals surface area contributed by atoms with E-state index in [-0.39, 0.29) is 0 Å². The van der Waals surface area contributed by atoms with Gasteiger partial charge in [-0.15, -0.1) is 0 Å². The zero-order valence-electron chi connectivity index (χ0n) is 8.04. The van der Waals surface area contributed by atoms with E-state index in [1.165, 1.54) is 4.67 Å². The van der Waals surface area contributed by atoms with Gasteiger partial charge in [0, 0.05) is 19.8 Å². The first-order valence-corrected chi connectivity index (χ1v) is 7.66. The summed E-state index contributed by atoms with van der Waals surface area (Å²) in [5, 5.41) is 0. The minimum atomic E-state index is -4.42. The highest BCUT2D eigenvalue weighted by molar-refractivity contribution is 7.72. The van der Waals surface area contributed by atoms with E-state index in [1.54, 1.807) is 13.8 Å². The fraction of sp³-hybridized carbons (Fsp3) is 0.833. The number of rotatable bonds is 4. The molecule has 0 saturated heterocycles. The molecule has 80 valence electrons. The Kier molecular flexibility index (Phi) is 4.78. The van der Waals surface area contributed by atoms with Crippen molar-refractivity contribution < 1.29 is 12.6 Å². The van der Waals surface area contributed by atoms with Crippen molar-refractivity contribution in [1.82, 2.24) is 4.67 Å². The van der Waals surface area contributed by atoms with Gasteiger partial charge < -0.3 is 0 Å². The number of nitrogens with zero attached hydrogens (tertiary/aromatic N) is 2. The van der Waals surface area contributed by atoms with Gasteiger partial charge in [-0.25, -0.2) is 4.67 Å². The summed E-state index contributed by atoms with van der Waals surface area (Å²) in [7, 11) is -8.09. The van der Waals surface area contributed by atoms with E-state index in [0.29, 0.717) is 19.8 Å². The van der Waals surface area contributed by atoms with Crippen LogP contribution in [0.5, 0.6) is 0 Å². The van der Waals surface area contributed by atoms with Crippen LogP contribution in [-0.4, -0.2) is 30.7 Å². The van der Waals surface area contributed by atoms with Crippen LogP contribution in [0.3, 0.4) is 0 Å². The predicted molar refractivity (Wildman–Crippen MR) is 55.6 cm³/mol. The van der Waals surface area contributed by atoms with Gasteiger partial charge in [0.2, 0.25) is 7.50 Å². The van der Waals surface area contributed by atoms with Crippen LogP contribution in [-0.2, 0) is 0 Å². The van der Waals surface area contributed by atoms with E-state index < -0.39 is 15.2 Å². The zero-order valence-corrected chi connectivity index (χ0v) is 9.83. The van der Waals surface area contributed by atoms with Crippen molar-refractivity contribution in [2.75, 3.05) is 19.8 Å². The van der Waals surface area contributed by atoms with E-state index in [2.05, 4.69) is 10.8 Å². The third kappa shape index (κ3) is 4.90.